The molecule has 0 fully saturated rings. The van der Waals surface area contributed by atoms with E-state index >= 15 is 0 Å². The first-order valence-electron chi connectivity index (χ1n) is 14.6. The number of hydrogen-bond acceptors (Lipinski definition) is 2. The van der Waals surface area contributed by atoms with Gasteiger partial charge in [0.05, 0.1) is 25.5 Å². The summed E-state index contributed by atoms with van der Waals surface area (Å²) in [5.41, 5.74) is 12.8. The van der Waals surface area contributed by atoms with Gasteiger partial charge >= 0.3 is 0 Å². The van der Waals surface area contributed by atoms with Crippen molar-refractivity contribution < 1.29 is 8.98 Å². The molecule has 8 aromatic rings. The minimum atomic E-state index is 0.870. The highest BCUT2D eigenvalue weighted by Crippen LogP contribution is 2.39. The molecule has 0 spiro atoms. The highest BCUT2D eigenvalue weighted by molar-refractivity contribution is 6.10. The number of nitrogens with zero attached hydrogens (tertiary/aromatic N) is 3. The second kappa shape index (κ2) is 9.81. The van der Waals surface area contributed by atoms with Crippen LogP contribution >= 0.6 is 0 Å². The van der Waals surface area contributed by atoms with E-state index in [-0.39, 0.29) is 0 Å². The summed E-state index contributed by atoms with van der Waals surface area (Å²) in [6, 6.07) is 44.6. The zero-order valence-electron chi connectivity index (χ0n) is 24.4. The Morgan fingerprint density at radius 1 is 0.628 bits per heavy atom. The Kier molecular flexibility index (Phi) is 5.76. The van der Waals surface area contributed by atoms with Gasteiger partial charge in [-0.1, -0.05) is 84.9 Å². The van der Waals surface area contributed by atoms with Crippen LogP contribution in [0.25, 0.3) is 78.0 Å². The number of fused-ring (bicyclic) bond motifs is 4. The van der Waals surface area contributed by atoms with Crippen molar-refractivity contribution >= 4 is 33.0 Å². The second-order valence-electron chi connectivity index (χ2n) is 11.2. The van der Waals surface area contributed by atoms with E-state index in [1.54, 1.807) is 0 Å². The van der Waals surface area contributed by atoms with Gasteiger partial charge in [-0.2, -0.15) is 0 Å². The molecule has 206 valence electrons. The molecule has 3 aromatic heterocycles. The Hall–Kier alpha value is -5.48. The maximum Gasteiger partial charge on any atom is 0.293 e. The molecule has 0 aliphatic heterocycles. The van der Waals surface area contributed by atoms with Crippen molar-refractivity contribution in [3.8, 4) is 45.0 Å². The van der Waals surface area contributed by atoms with Crippen molar-refractivity contribution in [2.45, 2.75) is 6.92 Å². The van der Waals surface area contributed by atoms with Crippen LogP contribution in [0.2, 0.25) is 0 Å². The third-order valence-electron chi connectivity index (χ3n) is 8.61. The molecule has 3 heterocycles. The molecule has 4 heteroatoms. The van der Waals surface area contributed by atoms with Crippen molar-refractivity contribution in [1.29, 1.82) is 0 Å². The summed E-state index contributed by atoms with van der Waals surface area (Å²) < 4.78 is 11.2. The molecule has 4 nitrogen and oxygen atoms in total. The summed E-state index contributed by atoms with van der Waals surface area (Å²) in [6.45, 7) is 2.16. The first-order chi connectivity index (χ1) is 21.1. The predicted molar refractivity (Wildman–Crippen MR) is 176 cm³/mol. The van der Waals surface area contributed by atoms with Crippen molar-refractivity contribution in [2.24, 2.45) is 14.1 Å². The minimum Gasteiger partial charge on any atom is -0.455 e. The lowest BCUT2D eigenvalue weighted by molar-refractivity contribution is -0.634. The molecule has 43 heavy (non-hydrogen) atoms. The molecular formula is C39H30N3O+. The number of aryl methyl sites for hydroxylation is 3. The Balaban J connectivity index is 1.34. The van der Waals surface area contributed by atoms with Crippen molar-refractivity contribution in [1.82, 2.24) is 9.55 Å². The van der Waals surface area contributed by atoms with E-state index in [4.69, 9.17) is 9.40 Å². The van der Waals surface area contributed by atoms with E-state index in [1.807, 2.05) is 6.07 Å². The Labute approximate surface area is 250 Å². The Morgan fingerprint density at radius 2 is 1.30 bits per heavy atom. The number of imidazole rings is 1. The third kappa shape index (κ3) is 4.06. The predicted octanol–water partition coefficient (Wildman–Crippen LogP) is 9.27. The summed E-state index contributed by atoms with van der Waals surface area (Å²) in [7, 11) is 4.26. The number of rotatable bonds is 4. The smallest absolute Gasteiger partial charge is 0.293 e. The summed E-state index contributed by atoms with van der Waals surface area (Å²) in [6.07, 6.45) is 0. The Morgan fingerprint density at radius 3 is 2.05 bits per heavy atom. The molecule has 0 aliphatic rings. The van der Waals surface area contributed by atoms with Crippen LogP contribution in [0.3, 0.4) is 0 Å². The van der Waals surface area contributed by atoms with Crippen molar-refractivity contribution in [3.63, 3.8) is 0 Å². The molecule has 0 radical (unpaired) electrons. The highest BCUT2D eigenvalue weighted by atomic mass is 16.3. The van der Waals surface area contributed by atoms with Crippen molar-refractivity contribution in [2.75, 3.05) is 0 Å². The van der Waals surface area contributed by atoms with Gasteiger partial charge in [-0.15, -0.1) is 0 Å². The summed E-state index contributed by atoms with van der Waals surface area (Å²) in [5.74, 6) is 1.12. The fourth-order valence-electron chi connectivity index (χ4n) is 6.43. The monoisotopic (exact) mass is 556 g/mol. The largest absolute Gasteiger partial charge is 0.455 e. The fraction of sp³-hybridized carbons (Fsp3) is 0.0769. The van der Waals surface area contributed by atoms with Crippen LogP contribution in [0.1, 0.15) is 5.56 Å². The average Bonchev–Trinajstić information content (AvgIpc) is 3.55. The lowest BCUT2D eigenvalue weighted by Crippen LogP contribution is -2.30. The van der Waals surface area contributed by atoms with Crippen LogP contribution in [-0.4, -0.2) is 9.55 Å². The average molecular weight is 557 g/mol. The summed E-state index contributed by atoms with van der Waals surface area (Å²) in [4.78, 5) is 5.16. The normalized spacial score (nSPS) is 11.6. The maximum atomic E-state index is 6.65. The van der Waals surface area contributed by atoms with Gasteiger partial charge in [-0.25, -0.2) is 14.1 Å². The first kappa shape index (κ1) is 25.2. The van der Waals surface area contributed by atoms with Crippen LogP contribution in [0.4, 0.5) is 0 Å². The molecule has 5 aromatic carbocycles. The maximum absolute atomic E-state index is 6.65. The molecule has 8 rings (SSSR count). The van der Waals surface area contributed by atoms with Crippen molar-refractivity contribution in [3.05, 3.63) is 133 Å². The molecule has 0 bridgehead atoms. The topological polar surface area (TPSA) is 34.8 Å². The fourth-order valence-corrected chi connectivity index (χ4v) is 6.43. The number of para-hydroxylation sites is 2. The zero-order valence-corrected chi connectivity index (χ0v) is 24.4. The number of furan rings is 1. The lowest BCUT2D eigenvalue weighted by atomic mass is 9.98. The van der Waals surface area contributed by atoms with Gasteiger partial charge < -0.3 is 4.42 Å². The third-order valence-corrected chi connectivity index (χ3v) is 8.61. The van der Waals surface area contributed by atoms with Gasteiger partial charge in [-0.05, 0) is 66.1 Å². The SMILES string of the molecule is Cc1ccc2c(oc3ccc(-c4cc(-c5ccccc5)cc(-c5ccccc5)n4)cc32)c1-c1n(C)c2ccccc2[n+]1C. The van der Waals surface area contributed by atoms with E-state index in [0.29, 0.717) is 0 Å². The van der Waals surface area contributed by atoms with E-state index in [2.05, 4.69) is 151 Å². The van der Waals surface area contributed by atoms with Crippen LogP contribution in [-0.2, 0) is 14.1 Å². The lowest BCUT2D eigenvalue weighted by Gasteiger charge is -2.10. The molecule has 0 aliphatic carbocycles. The van der Waals surface area contributed by atoms with Crippen LogP contribution in [0, 0.1) is 6.92 Å². The molecule has 0 unspecified atom stereocenters. The number of pyridine rings is 1. The van der Waals surface area contributed by atoms with E-state index in [0.717, 1.165) is 61.4 Å². The Bertz CT molecular complexity index is 2210. The van der Waals surface area contributed by atoms with Crippen LogP contribution in [0.5, 0.6) is 0 Å². The highest BCUT2D eigenvalue weighted by Gasteiger charge is 2.27. The van der Waals surface area contributed by atoms with Gasteiger partial charge in [-0.3, -0.25) is 0 Å². The molecule has 0 atom stereocenters. The van der Waals surface area contributed by atoms with Gasteiger partial charge in [0.15, 0.2) is 16.6 Å². The molecule has 0 saturated heterocycles. The second-order valence-corrected chi connectivity index (χ2v) is 11.2. The molecule has 0 saturated carbocycles. The number of aromatic nitrogens is 3. The number of benzene rings is 5. The molecular weight excluding hydrogens is 526 g/mol. The van der Waals surface area contributed by atoms with Gasteiger partial charge in [0.25, 0.3) is 5.82 Å². The first-order valence-corrected chi connectivity index (χ1v) is 14.6. The standard InChI is InChI=1S/C39H30N3O/c1-25-18-20-30-31-22-28(33-24-29(26-12-6-4-7-13-26)23-32(40-33)27-14-8-5-9-15-27)19-21-36(31)43-38(30)37(25)39-41(2)34-16-10-11-17-35(34)42(39)3/h4-24H,1-3H3/q+1. The van der Waals surface area contributed by atoms with Gasteiger partial charge in [0, 0.05) is 21.9 Å². The van der Waals surface area contributed by atoms with Gasteiger partial charge in [0.2, 0.25) is 0 Å². The minimum absolute atomic E-state index is 0.870. The van der Waals surface area contributed by atoms with E-state index < -0.39 is 0 Å². The summed E-state index contributed by atoms with van der Waals surface area (Å²) in [5, 5.41) is 2.19. The van der Waals surface area contributed by atoms with Crippen LogP contribution in [0.15, 0.2) is 132 Å². The molecule has 0 N–H and O–H groups in total. The van der Waals surface area contributed by atoms with Crippen LogP contribution < -0.4 is 4.57 Å². The molecule has 0 amide bonds. The summed E-state index contributed by atoms with van der Waals surface area (Å²) >= 11 is 0. The van der Waals surface area contributed by atoms with E-state index in [9.17, 15) is 0 Å². The van der Waals surface area contributed by atoms with Gasteiger partial charge in [0.1, 0.15) is 11.1 Å². The number of hydrogen-bond donors (Lipinski definition) is 0. The zero-order chi connectivity index (χ0) is 29.1. The quantitative estimate of drug-likeness (QED) is 0.203. The van der Waals surface area contributed by atoms with E-state index in [1.165, 1.54) is 22.2 Å².